The molecule has 2 amide bonds. The Morgan fingerprint density at radius 2 is 1.91 bits per heavy atom. The molecule has 0 bridgehead atoms. The third-order valence-electron chi connectivity index (χ3n) is 5.82. The summed E-state index contributed by atoms with van der Waals surface area (Å²) >= 11 is 0. The topological polar surface area (TPSA) is 77.7 Å². The number of rotatable bonds is 6. The summed E-state index contributed by atoms with van der Waals surface area (Å²) < 4.78 is 19.1. The van der Waals surface area contributed by atoms with Gasteiger partial charge in [-0.15, -0.1) is 0 Å². The number of aryl methyl sites for hydroxylation is 1. The predicted molar refractivity (Wildman–Crippen MR) is 123 cm³/mol. The van der Waals surface area contributed by atoms with E-state index in [1.165, 1.54) is 12.1 Å². The van der Waals surface area contributed by atoms with Crippen LogP contribution in [0.4, 0.5) is 15.8 Å². The number of anilines is 2. The van der Waals surface area contributed by atoms with Gasteiger partial charge in [0.15, 0.2) is 0 Å². The van der Waals surface area contributed by atoms with Gasteiger partial charge in [-0.3, -0.25) is 9.59 Å². The molecule has 3 aromatic rings. The highest BCUT2D eigenvalue weighted by Gasteiger charge is 2.21. The van der Waals surface area contributed by atoms with E-state index in [0.717, 1.165) is 24.3 Å². The summed E-state index contributed by atoms with van der Waals surface area (Å²) in [7, 11) is 1.59. The average Bonchev–Trinajstić information content (AvgIpc) is 3.27. The fraction of sp³-hybridized carbons (Fsp3) is 0.333. The number of halogens is 1. The van der Waals surface area contributed by atoms with Crippen LogP contribution in [-0.2, 0) is 9.53 Å². The standard InChI is InChI=1S/C24H27FN4O3/c1-16-6-7-20(25)19-15-21(27-23(16)19)24(31)26-17-4-3-5-18(14-17)28-9-11-29(12-10-28)22(30)8-13-32-2/h3-7,14-15,27H,8-13H2,1-2H3,(H,26,31). The zero-order chi connectivity index (χ0) is 22.7. The molecular formula is C24H27FN4O3. The van der Waals surface area contributed by atoms with E-state index in [0.29, 0.717) is 48.4 Å². The van der Waals surface area contributed by atoms with Crippen molar-refractivity contribution < 1.29 is 18.7 Å². The number of carbonyl (C=O) groups excluding carboxylic acids is 2. The first-order valence-electron chi connectivity index (χ1n) is 10.7. The number of methoxy groups -OCH3 is 1. The number of carbonyl (C=O) groups is 2. The van der Waals surface area contributed by atoms with Crippen LogP contribution >= 0.6 is 0 Å². The van der Waals surface area contributed by atoms with Crippen LogP contribution in [0, 0.1) is 12.7 Å². The molecule has 1 fully saturated rings. The van der Waals surface area contributed by atoms with Crippen LogP contribution in [0.25, 0.3) is 10.9 Å². The number of nitrogens with zero attached hydrogens (tertiary/aromatic N) is 2. The van der Waals surface area contributed by atoms with Crippen molar-refractivity contribution in [2.45, 2.75) is 13.3 Å². The zero-order valence-electron chi connectivity index (χ0n) is 18.3. The monoisotopic (exact) mass is 438 g/mol. The molecule has 32 heavy (non-hydrogen) atoms. The molecule has 1 aliphatic heterocycles. The average molecular weight is 439 g/mol. The van der Waals surface area contributed by atoms with E-state index < -0.39 is 0 Å². The largest absolute Gasteiger partial charge is 0.384 e. The van der Waals surface area contributed by atoms with Gasteiger partial charge >= 0.3 is 0 Å². The Morgan fingerprint density at radius 3 is 2.62 bits per heavy atom. The van der Waals surface area contributed by atoms with Gasteiger partial charge in [-0.1, -0.05) is 12.1 Å². The van der Waals surface area contributed by atoms with Gasteiger partial charge in [0, 0.05) is 50.0 Å². The van der Waals surface area contributed by atoms with Crippen LogP contribution in [0.15, 0.2) is 42.5 Å². The number of nitrogens with one attached hydrogen (secondary N) is 2. The maximum Gasteiger partial charge on any atom is 0.272 e. The minimum absolute atomic E-state index is 0.109. The van der Waals surface area contributed by atoms with Gasteiger partial charge in [0.25, 0.3) is 5.91 Å². The number of aromatic nitrogens is 1. The number of benzene rings is 2. The highest BCUT2D eigenvalue weighted by atomic mass is 19.1. The molecule has 1 saturated heterocycles. The Bertz CT molecular complexity index is 1100. The summed E-state index contributed by atoms with van der Waals surface area (Å²) in [6.45, 7) is 5.04. The first-order valence-corrected chi connectivity index (χ1v) is 10.7. The molecule has 0 aliphatic carbocycles. The predicted octanol–water partition coefficient (Wildman–Crippen LogP) is 3.55. The van der Waals surface area contributed by atoms with Crippen molar-refractivity contribution >= 4 is 34.1 Å². The molecule has 0 saturated carbocycles. The second kappa shape index (κ2) is 9.40. The second-order valence-electron chi connectivity index (χ2n) is 7.95. The summed E-state index contributed by atoms with van der Waals surface area (Å²) in [5.74, 6) is -0.578. The first kappa shape index (κ1) is 21.8. The third-order valence-corrected chi connectivity index (χ3v) is 5.82. The van der Waals surface area contributed by atoms with Crippen molar-refractivity contribution in [2.24, 2.45) is 0 Å². The van der Waals surface area contributed by atoms with E-state index in [4.69, 9.17) is 4.74 Å². The van der Waals surface area contributed by atoms with Gasteiger partial charge in [0.2, 0.25) is 5.91 Å². The Hall–Kier alpha value is -3.39. The van der Waals surface area contributed by atoms with Gasteiger partial charge in [-0.25, -0.2) is 4.39 Å². The lowest BCUT2D eigenvalue weighted by Crippen LogP contribution is -2.49. The molecule has 2 aromatic carbocycles. The van der Waals surface area contributed by atoms with E-state index in [1.54, 1.807) is 13.2 Å². The lowest BCUT2D eigenvalue weighted by atomic mass is 10.1. The number of hydrogen-bond donors (Lipinski definition) is 2. The van der Waals surface area contributed by atoms with E-state index in [-0.39, 0.29) is 17.6 Å². The minimum Gasteiger partial charge on any atom is -0.384 e. The molecule has 4 rings (SSSR count). The molecule has 1 aliphatic rings. The van der Waals surface area contributed by atoms with Crippen molar-refractivity contribution in [1.29, 1.82) is 0 Å². The van der Waals surface area contributed by atoms with E-state index >= 15 is 0 Å². The van der Waals surface area contributed by atoms with Gasteiger partial charge in [-0.05, 0) is 42.8 Å². The van der Waals surface area contributed by atoms with E-state index in [9.17, 15) is 14.0 Å². The van der Waals surface area contributed by atoms with Crippen molar-refractivity contribution in [1.82, 2.24) is 9.88 Å². The third kappa shape index (κ3) is 4.60. The second-order valence-corrected chi connectivity index (χ2v) is 7.95. The maximum atomic E-state index is 14.1. The van der Waals surface area contributed by atoms with Crippen molar-refractivity contribution in [2.75, 3.05) is 50.1 Å². The summed E-state index contributed by atoms with van der Waals surface area (Å²) in [5.41, 5.74) is 3.44. The summed E-state index contributed by atoms with van der Waals surface area (Å²) in [6, 6.07) is 12.2. The molecule has 168 valence electrons. The lowest BCUT2D eigenvalue weighted by molar-refractivity contribution is -0.132. The van der Waals surface area contributed by atoms with Gasteiger partial charge in [0.05, 0.1) is 18.5 Å². The highest BCUT2D eigenvalue weighted by molar-refractivity contribution is 6.06. The van der Waals surface area contributed by atoms with Gasteiger partial charge in [0.1, 0.15) is 11.5 Å². The molecule has 0 unspecified atom stereocenters. The molecule has 2 heterocycles. The van der Waals surface area contributed by atoms with Crippen molar-refractivity contribution in [3.8, 4) is 0 Å². The summed E-state index contributed by atoms with van der Waals surface area (Å²) in [4.78, 5) is 32.0. The number of fused-ring (bicyclic) bond motifs is 1. The Kier molecular flexibility index (Phi) is 6.41. The van der Waals surface area contributed by atoms with Crippen LogP contribution in [0.2, 0.25) is 0 Å². The van der Waals surface area contributed by atoms with Crippen molar-refractivity contribution in [3.63, 3.8) is 0 Å². The van der Waals surface area contributed by atoms with Crippen molar-refractivity contribution in [3.05, 3.63) is 59.5 Å². The molecule has 0 spiro atoms. The number of H-pyrrole nitrogens is 1. The van der Waals surface area contributed by atoms with E-state index in [2.05, 4.69) is 15.2 Å². The molecule has 0 atom stereocenters. The van der Waals surface area contributed by atoms with Crippen LogP contribution in [-0.4, -0.2) is 61.6 Å². The SMILES string of the molecule is COCCC(=O)N1CCN(c2cccc(NC(=O)c3cc4c(F)ccc(C)c4[nH]3)c2)CC1. The smallest absolute Gasteiger partial charge is 0.272 e. The van der Waals surface area contributed by atoms with Crippen LogP contribution in [0.1, 0.15) is 22.5 Å². The molecule has 1 aromatic heterocycles. The Labute approximate surface area is 186 Å². The number of hydrogen-bond acceptors (Lipinski definition) is 4. The summed E-state index contributed by atoms with van der Waals surface area (Å²) in [6.07, 6.45) is 0.398. The normalized spacial score (nSPS) is 14.1. The number of amides is 2. The zero-order valence-corrected chi connectivity index (χ0v) is 18.3. The number of ether oxygens (including phenoxy) is 1. The molecule has 0 radical (unpaired) electrons. The molecular weight excluding hydrogens is 411 g/mol. The van der Waals surface area contributed by atoms with E-state index in [1.807, 2.05) is 36.1 Å². The van der Waals surface area contributed by atoms with Crippen LogP contribution in [0.5, 0.6) is 0 Å². The fourth-order valence-corrected chi connectivity index (χ4v) is 3.99. The fourth-order valence-electron chi connectivity index (χ4n) is 3.99. The van der Waals surface area contributed by atoms with Crippen LogP contribution < -0.4 is 10.2 Å². The quantitative estimate of drug-likeness (QED) is 0.617. The minimum atomic E-state index is -0.359. The van der Waals surface area contributed by atoms with Crippen LogP contribution in [0.3, 0.4) is 0 Å². The maximum absolute atomic E-state index is 14.1. The molecule has 8 heteroatoms. The Morgan fingerprint density at radius 1 is 1.12 bits per heavy atom. The summed E-state index contributed by atoms with van der Waals surface area (Å²) in [5, 5.41) is 3.29. The van der Waals surface area contributed by atoms with Gasteiger partial charge < -0.3 is 24.8 Å². The molecule has 2 N–H and O–H groups in total. The Balaban J connectivity index is 1.42. The lowest BCUT2D eigenvalue weighted by Gasteiger charge is -2.36. The highest BCUT2D eigenvalue weighted by Crippen LogP contribution is 2.24. The van der Waals surface area contributed by atoms with Gasteiger partial charge in [-0.2, -0.15) is 0 Å². The number of piperazine rings is 1. The molecule has 7 nitrogen and oxygen atoms in total. The first-order chi connectivity index (χ1) is 15.5. The number of aromatic amines is 1.